The van der Waals surface area contributed by atoms with Crippen LogP contribution < -0.4 is 11.1 Å². The molecule has 1 saturated heterocycles. The molecule has 0 atom stereocenters. The number of hydrogen-bond acceptors (Lipinski definition) is 5. The molecule has 38 heavy (non-hydrogen) atoms. The summed E-state index contributed by atoms with van der Waals surface area (Å²) in [5, 5.41) is 11.6. The first kappa shape index (κ1) is 26.6. The fourth-order valence-electron chi connectivity index (χ4n) is 4.70. The van der Waals surface area contributed by atoms with Gasteiger partial charge in [-0.05, 0) is 54.7 Å². The van der Waals surface area contributed by atoms with Gasteiger partial charge in [-0.2, -0.15) is 0 Å². The smallest absolute Gasteiger partial charge is 0.410 e. The van der Waals surface area contributed by atoms with E-state index in [9.17, 15) is 24.3 Å². The highest BCUT2D eigenvalue weighted by Crippen LogP contribution is 2.32. The van der Waals surface area contributed by atoms with E-state index >= 15 is 0 Å². The first-order valence-electron chi connectivity index (χ1n) is 12.6. The second-order valence-corrected chi connectivity index (χ2v) is 9.38. The van der Waals surface area contributed by atoms with Gasteiger partial charge in [-0.25, -0.2) is 9.79 Å². The molecule has 4 N–H and O–H groups in total. The molecular formula is C28H31N5O5. The number of carbonyl (C=O) groups is 4. The van der Waals surface area contributed by atoms with Crippen LogP contribution in [0, 0.1) is 0 Å². The summed E-state index contributed by atoms with van der Waals surface area (Å²) in [5.74, 6) is -0.909. The second kappa shape index (κ2) is 11.7. The summed E-state index contributed by atoms with van der Waals surface area (Å²) in [6.07, 6.45) is 3.01. The van der Waals surface area contributed by atoms with E-state index in [1.54, 1.807) is 18.2 Å². The number of carbonyl (C=O) groups excluding carboxylic acids is 3. The number of aliphatic imine (C=N–C) groups is 1. The summed E-state index contributed by atoms with van der Waals surface area (Å²) >= 11 is 0. The summed E-state index contributed by atoms with van der Waals surface area (Å²) in [5.41, 5.74) is 9.08. The molecule has 0 bridgehead atoms. The zero-order valence-corrected chi connectivity index (χ0v) is 21.3. The molecule has 2 heterocycles. The van der Waals surface area contributed by atoms with E-state index in [-0.39, 0.29) is 24.7 Å². The largest absolute Gasteiger partial charge is 0.465 e. The average molecular weight is 518 g/mol. The second-order valence-electron chi connectivity index (χ2n) is 9.38. The number of carboxylic acid groups (broad SMARTS) is 1. The highest BCUT2D eigenvalue weighted by molar-refractivity contribution is 6.09. The van der Waals surface area contributed by atoms with Gasteiger partial charge >= 0.3 is 6.09 Å². The van der Waals surface area contributed by atoms with E-state index in [0.717, 1.165) is 37.1 Å². The van der Waals surface area contributed by atoms with Crippen molar-refractivity contribution in [2.24, 2.45) is 10.7 Å². The van der Waals surface area contributed by atoms with Crippen LogP contribution in [0.3, 0.4) is 0 Å². The summed E-state index contributed by atoms with van der Waals surface area (Å²) in [6, 6.07) is 12.9. The van der Waals surface area contributed by atoms with E-state index in [1.165, 1.54) is 4.90 Å². The number of benzene rings is 2. The molecule has 0 aromatic heterocycles. The zero-order valence-electron chi connectivity index (χ0n) is 21.3. The maximum Gasteiger partial charge on any atom is 0.410 e. The van der Waals surface area contributed by atoms with Crippen molar-refractivity contribution in [3.8, 4) is 11.1 Å². The number of nitrogens with one attached hydrogen (secondary N) is 1. The van der Waals surface area contributed by atoms with Crippen LogP contribution >= 0.6 is 0 Å². The fourth-order valence-corrected chi connectivity index (χ4v) is 4.70. The van der Waals surface area contributed by atoms with Gasteiger partial charge < -0.3 is 20.6 Å². The molecule has 1 fully saturated rings. The summed E-state index contributed by atoms with van der Waals surface area (Å²) in [4.78, 5) is 56.6. The summed E-state index contributed by atoms with van der Waals surface area (Å²) in [6.45, 7) is 3.55. The molecule has 2 aromatic carbocycles. The van der Waals surface area contributed by atoms with Gasteiger partial charge in [-0.1, -0.05) is 31.2 Å². The number of amidine groups is 1. The van der Waals surface area contributed by atoms with Gasteiger partial charge in [0.2, 0.25) is 5.91 Å². The quantitative estimate of drug-likeness (QED) is 0.515. The van der Waals surface area contributed by atoms with E-state index in [0.29, 0.717) is 35.4 Å². The van der Waals surface area contributed by atoms with Crippen LogP contribution in [0.2, 0.25) is 0 Å². The van der Waals surface area contributed by atoms with Crippen LogP contribution in [0.25, 0.3) is 17.2 Å². The lowest BCUT2D eigenvalue weighted by Gasteiger charge is -2.22. The van der Waals surface area contributed by atoms with Gasteiger partial charge in [0.15, 0.2) is 0 Å². The Bertz CT molecular complexity index is 1310. The van der Waals surface area contributed by atoms with Gasteiger partial charge in [0, 0.05) is 42.8 Å². The van der Waals surface area contributed by atoms with Crippen molar-refractivity contribution >= 4 is 41.4 Å². The van der Waals surface area contributed by atoms with Gasteiger partial charge in [0.05, 0.1) is 12.2 Å². The number of likely N-dealkylation sites (tertiary alicyclic amines) is 1. The Morgan fingerprint density at radius 1 is 1.05 bits per heavy atom. The van der Waals surface area contributed by atoms with E-state index in [4.69, 9.17) is 5.73 Å². The average Bonchev–Trinajstić information content (AvgIpc) is 3.36. The minimum absolute atomic E-state index is 0.0285. The van der Waals surface area contributed by atoms with Crippen molar-refractivity contribution in [2.75, 3.05) is 26.2 Å². The number of rotatable bonds is 7. The van der Waals surface area contributed by atoms with E-state index < -0.39 is 17.9 Å². The molecule has 198 valence electrons. The molecule has 2 aliphatic heterocycles. The first-order valence-corrected chi connectivity index (χ1v) is 12.6. The number of fused-ring (bicyclic) bond motifs is 1. The number of hydrogen-bond donors (Lipinski definition) is 3. The lowest BCUT2D eigenvalue weighted by atomic mass is 9.99. The highest BCUT2D eigenvalue weighted by Gasteiger charge is 2.24. The zero-order chi connectivity index (χ0) is 27.2. The number of nitrogens with two attached hydrogens (primary N) is 1. The normalized spacial score (nSPS) is 14.6. The Kier molecular flexibility index (Phi) is 8.20. The van der Waals surface area contributed by atoms with Crippen LogP contribution in [-0.4, -0.2) is 70.7 Å². The minimum atomic E-state index is -1.30. The third-order valence-electron chi connectivity index (χ3n) is 6.49. The number of nitrogens with zero attached hydrogens (tertiary/aromatic N) is 3. The molecule has 4 amide bonds. The molecular weight excluding hydrogens is 486 g/mol. The van der Waals surface area contributed by atoms with Crippen LogP contribution in [0.15, 0.2) is 53.0 Å². The number of amides is 4. The van der Waals surface area contributed by atoms with Crippen LogP contribution in [0.4, 0.5) is 10.5 Å². The fraction of sp³-hybridized carbons (Fsp3) is 0.321. The molecule has 0 spiro atoms. The molecule has 0 radical (unpaired) electrons. The lowest BCUT2D eigenvalue weighted by Crippen LogP contribution is -2.40. The van der Waals surface area contributed by atoms with E-state index in [2.05, 4.69) is 10.3 Å². The SMILES string of the molecule is CCCN(CC(N)=O)C(=O)C1=Cc2ccc(-c3ccc(C(=O)N4CCCC4)cc3)cc2N=C(NC(=O)O)C1. The Balaban J connectivity index is 1.66. The highest BCUT2D eigenvalue weighted by atomic mass is 16.4. The van der Waals surface area contributed by atoms with Crippen LogP contribution in [-0.2, 0) is 9.59 Å². The predicted molar refractivity (Wildman–Crippen MR) is 144 cm³/mol. The molecule has 4 rings (SSSR count). The number of primary amides is 1. The Labute approximate surface area is 220 Å². The maximum absolute atomic E-state index is 13.3. The van der Waals surface area contributed by atoms with Crippen molar-refractivity contribution in [3.05, 3.63) is 59.2 Å². The monoisotopic (exact) mass is 517 g/mol. The molecule has 2 aliphatic rings. The minimum Gasteiger partial charge on any atom is -0.465 e. The standard InChI is InChI=1S/C28H31N5O5/c1-2-11-33(17-24(29)34)27(36)22-14-21-10-9-20(15-23(21)30-25(16-22)31-28(37)38)18-5-7-19(8-6-18)26(35)32-12-3-4-13-32/h5-10,14-15H,2-4,11-13,16-17H2,1H3,(H2,29,34)(H,30,31)(H,37,38). The third-order valence-corrected chi connectivity index (χ3v) is 6.49. The van der Waals surface area contributed by atoms with Crippen molar-refractivity contribution in [2.45, 2.75) is 32.6 Å². The van der Waals surface area contributed by atoms with E-state index in [1.807, 2.05) is 42.2 Å². The topological polar surface area (TPSA) is 145 Å². The predicted octanol–water partition coefficient (Wildman–Crippen LogP) is 3.40. The molecule has 0 unspecified atom stereocenters. The van der Waals surface area contributed by atoms with Crippen molar-refractivity contribution in [1.82, 2.24) is 15.1 Å². The lowest BCUT2D eigenvalue weighted by molar-refractivity contribution is -0.132. The first-order chi connectivity index (χ1) is 18.2. The molecule has 10 heteroatoms. The van der Waals surface area contributed by atoms with Crippen LogP contribution in [0.5, 0.6) is 0 Å². The summed E-state index contributed by atoms with van der Waals surface area (Å²) in [7, 11) is 0. The molecule has 10 nitrogen and oxygen atoms in total. The van der Waals surface area contributed by atoms with Crippen molar-refractivity contribution in [3.63, 3.8) is 0 Å². The Morgan fingerprint density at radius 2 is 1.74 bits per heavy atom. The molecule has 2 aromatic rings. The van der Waals surface area contributed by atoms with Gasteiger partial charge in [-0.3, -0.25) is 19.7 Å². The molecule has 0 saturated carbocycles. The Morgan fingerprint density at radius 3 is 2.37 bits per heavy atom. The van der Waals surface area contributed by atoms with Gasteiger partial charge in [-0.15, -0.1) is 0 Å². The van der Waals surface area contributed by atoms with Gasteiger partial charge in [0.25, 0.3) is 11.8 Å². The van der Waals surface area contributed by atoms with Gasteiger partial charge in [0.1, 0.15) is 5.84 Å². The Hall–Kier alpha value is -4.47. The van der Waals surface area contributed by atoms with Crippen molar-refractivity contribution < 1.29 is 24.3 Å². The summed E-state index contributed by atoms with van der Waals surface area (Å²) < 4.78 is 0. The van der Waals surface area contributed by atoms with Crippen molar-refractivity contribution in [1.29, 1.82) is 0 Å². The third kappa shape index (κ3) is 6.26. The van der Waals surface area contributed by atoms with Crippen LogP contribution in [0.1, 0.15) is 48.5 Å². The maximum atomic E-state index is 13.3. The molecule has 0 aliphatic carbocycles.